The summed E-state index contributed by atoms with van der Waals surface area (Å²) < 4.78 is 8.07. The van der Waals surface area contributed by atoms with Gasteiger partial charge < -0.3 is 9.30 Å². The van der Waals surface area contributed by atoms with Gasteiger partial charge in [-0.1, -0.05) is 13.8 Å². The number of aryl methyl sites for hydroxylation is 1. The van der Waals surface area contributed by atoms with Crippen LogP contribution in [0.3, 0.4) is 0 Å². The third-order valence-corrected chi connectivity index (χ3v) is 2.41. The molecule has 5 nitrogen and oxygen atoms in total. The van der Waals surface area contributed by atoms with Crippen LogP contribution in [-0.2, 0) is 17.8 Å². The summed E-state index contributed by atoms with van der Waals surface area (Å²) in [6.07, 6.45) is 3.35. The Morgan fingerprint density at radius 2 is 1.88 bits per heavy atom. The van der Waals surface area contributed by atoms with E-state index >= 15 is 0 Å². The van der Waals surface area contributed by atoms with Crippen molar-refractivity contribution < 1.29 is 4.74 Å². The summed E-state index contributed by atoms with van der Waals surface area (Å²) in [5.74, 6) is 0. The van der Waals surface area contributed by atoms with Crippen molar-refractivity contribution in [3.63, 3.8) is 0 Å². The van der Waals surface area contributed by atoms with E-state index in [1.54, 1.807) is 10.8 Å². The molecule has 0 spiro atoms. The molecule has 0 saturated carbocycles. The molecule has 0 unspecified atom stereocenters. The maximum Gasteiger partial charge on any atom is 0.331 e. The summed E-state index contributed by atoms with van der Waals surface area (Å²) in [5.41, 5.74) is -0.512. The largest absolute Gasteiger partial charge is 0.380 e. The number of aromatic nitrogens is 2. The Balaban J connectivity index is 2.79. The average Bonchev–Trinajstić information content (AvgIpc) is 2.32. The zero-order chi connectivity index (χ0) is 12.7. The smallest absolute Gasteiger partial charge is 0.331 e. The third-order valence-electron chi connectivity index (χ3n) is 2.41. The lowest BCUT2D eigenvalue weighted by molar-refractivity contribution is 0.125. The molecule has 0 amide bonds. The second-order valence-electron chi connectivity index (χ2n) is 3.89. The molecule has 0 radical (unpaired) electrons. The summed E-state index contributed by atoms with van der Waals surface area (Å²) in [6.45, 7) is 6.02. The highest BCUT2D eigenvalue weighted by Crippen LogP contribution is 1.85. The van der Waals surface area contributed by atoms with E-state index in [0.717, 1.165) is 12.8 Å². The fourth-order valence-electron chi connectivity index (χ4n) is 1.58. The first kappa shape index (κ1) is 13.7. The number of ether oxygens (including phenoxy) is 1. The minimum atomic E-state index is -0.262. The van der Waals surface area contributed by atoms with Crippen LogP contribution in [0, 0.1) is 0 Å². The number of nitrogens with zero attached hydrogens (tertiary/aromatic N) is 2. The zero-order valence-corrected chi connectivity index (χ0v) is 10.5. The van der Waals surface area contributed by atoms with Gasteiger partial charge in [0.25, 0.3) is 5.56 Å². The standard InChI is InChI=1S/C12H20N2O3/c1-3-6-13-7-5-11(15)14(12(13)16)8-10-17-9-4-2/h5,7H,3-4,6,8-10H2,1-2H3. The molecule has 5 heteroatoms. The molecule has 96 valence electrons. The van der Waals surface area contributed by atoms with Crippen molar-refractivity contribution in [2.45, 2.75) is 39.8 Å². The van der Waals surface area contributed by atoms with Gasteiger partial charge in [0, 0.05) is 25.4 Å². The Hall–Kier alpha value is -1.36. The van der Waals surface area contributed by atoms with Crippen LogP contribution in [0.4, 0.5) is 0 Å². The molecule has 0 saturated heterocycles. The van der Waals surface area contributed by atoms with Crippen LogP contribution in [0.15, 0.2) is 21.9 Å². The molecule has 0 atom stereocenters. The van der Waals surface area contributed by atoms with Gasteiger partial charge in [-0.3, -0.25) is 9.36 Å². The Morgan fingerprint density at radius 3 is 2.53 bits per heavy atom. The van der Waals surface area contributed by atoms with Crippen molar-refractivity contribution in [1.29, 1.82) is 0 Å². The minimum absolute atomic E-state index is 0.251. The van der Waals surface area contributed by atoms with Gasteiger partial charge in [-0.2, -0.15) is 0 Å². The molecule has 0 aliphatic carbocycles. The van der Waals surface area contributed by atoms with Gasteiger partial charge in [-0.25, -0.2) is 4.79 Å². The SMILES string of the molecule is CCCOCCn1c(=O)ccn(CCC)c1=O. The molecule has 1 aromatic rings. The molecule has 1 aromatic heterocycles. The molecule has 0 N–H and O–H groups in total. The van der Waals surface area contributed by atoms with Gasteiger partial charge in [-0.05, 0) is 12.8 Å². The summed E-state index contributed by atoms with van der Waals surface area (Å²) in [4.78, 5) is 23.5. The van der Waals surface area contributed by atoms with Crippen molar-refractivity contribution >= 4 is 0 Å². The Labute approximate surface area is 101 Å². The lowest BCUT2D eigenvalue weighted by Crippen LogP contribution is -2.39. The molecule has 0 fully saturated rings. The maximum absolute atomic E-state index is 11.9. The van der Waals surface area contributed by atoms with Crippen molar-refractivity contribution in [2.24, 2.45) is 0 Å². The molecule has 1 heterocycles. The highest BCUT2D eigenvalue weighted by molar-refractivity contribution is 4.86. The van der Waals surface area contributed by atoms with Crippen LogP contribution in [0.1, 0.15) is 26.7 Å². The molecule has 0 aliphatic heterocycles. The molecule has 1 rings (SSSR count). The lowest BCUT2D eigenvalue weighted by Gasteiger charge is -2.09. The van der Waals surface area contributed by atoms with E-state index in [4.69, 9.17) is 4.74 Å². The fraction of sp³-hybridized carbons (Fsp3) is 0.667. The van der Waals surface area contributed by atoms with Crippen LogP contribution >= 0.6 is 0 Å². The van der Waals surface area contributed by atoms with E-state index in [1.165, 1.54) is 10.6 Å². The zero-order valence-electron chi connectivity index (χ0n) is 10.5. The van der Waals surface area contributed by atoms with Crippen LogP contribution in [0.2, 0.25) is 0 Å². The summed E-state index contributed by atoms with van der Waals surface area (Å²) in [5, 5.41) is 0. The van der Waals surface area contributed by atoms with Gasteiger partial charge in [0.2, 0.25) is 0 Å². The first-order valence-electron chi connectivity index (χ1n) is 6.08. The maximum atomic E-state index is 11.9. The fourth-order valence-corrected chi connectivity index (χ4v) is 1.58. The van der Waals surface area contributed by atoms with Crippen molar-refractivity contribution in [1.82, 2.24) is 9.13 Å². The topological polar surface area (TPSA) is 53.2 Å². The normalized spacial score (nSPS) is 10.7. The lowest BCUT2D eigenvalue weighted by atomic mass is 10.4. The van der Waals surface area contributed by atoms with Crippen LogP contribution in [0.25, 0.3) is 0 Å². The van der Waals surface area contributed by atoms with Crippen LogP contribution in [0.5, 0.6) is 0 Å². The first-order chi connectivity index (χ1) is 8.20. The number of rotatable bonds is 7. The summed E-state index contributed by atoms with van der Waals surface area (Å²) in [7, 11) is 0. The van der Waals surface area contributed by atoms with E-state index in [1.807, 2.05) is 13.8 Å². The highest BCUT2D eigenvalue weighted by atomic mass is 16.5. The summed E-state index contributed by atoms with van der Waals surface area (Å²) in [6, 6.07) is 1.43. The van der Waals surface area contributed by atoms with Crippen molar-refractivity contribution in [3.8, 4) is 0 Å². The van der Waals surface area contributed by atoms with E-state index in [0.29, 0.717) is 26.3 Å². The molecular weight excluding hydrogens is 220 g/mol. The molecule has 0 aromatic carbocycles. The average molecular weight is 240 g/mol. The highest BCUT2D eigenvalue weighted by Gasteiger charge is 2.04. The van der Waals surface area contributed by atoms with Crippen LogP contribution in [-0.4, -0.2) is 22.3 Å². The van der Waals surface area contributed by atoms with E-state index in [-0.39, 0.29) is 11.2 Å². The predicted octanol–water partition coefficient (Wildman–Crippen LogP) is 0.847. The predicted molar refractivity (Wildman–Crippen MR) is 66.4 cm³/mol. The second-order valence-corrected chi connectivity index (χ2v) is 3.89. The van der Waals surface area contributed by atoms with E-state index in [2.05, 4.69) is 0 Å². The Kier molecular flexibility index (Phi) is 5.69. The van der Waals surface area contributed by atoms with Gasteiger partial charge in [0.05, 0.1) is 13.2 Å². The van der Waals surface area contributed by atoms with Gasteiger partial charge >= 0.3 is 5.69 Å². The van der Waals surface area contributed by atoms with Gasteiger partial charge in [-0.15, -0.1) is 0 Å². The second kappa shape index (κ2) is 7.06. The van der Waals surface area contributed by atoms with E-state index in [9.17, 15) is 9.59 Å². The number of hydrogen-bond donors (Lipinski definition) is 0. The van der Waals surface area contributed by atoms with Crippen molar-refractivity contribution in [3.05, 3.63) is 33.1 Å². The minimum Gasteiger partial charge on any atom is -0.380 e. The number of hydrogen-bond acceptors (Lipinski definition) is 3. The third kappa shape index (κ3) is 3.85. The Bertz CT molecular complexity index is 448. The first-order valence-corrected chi connectivity index (χ1v) is 6.08. The molecular formula is C12H20N2O3. The molecule has 0 bridgehead atoms. The van der Waals surface area contributed by atoms with Gasteiger partial charge in [0.1, 0.15) is 0 Å². The molecule has 17 heavy (non-hydrogen) atoms. The van der Waals surface area contributed by atoms with Crippen LogP contribution < -0.4 is 11.2 Å². The Morgan fingerprint density at radius 1 is 1.12 bits per heavy atom. The quantitative estimate of drug-likeness (QED) is 0.664. The van der Waals surface area contributed by atoms with Gasteiger partial charge in [0.15, 0.2) is 0 Å². The molecule has 0 aliphatic rings. The monoisotopic (exact) mass is 240 g/mol. The summed E-state index contributed by atoms with van der Waals surface area (Å²) >= 11 is 0. The van der Waals surface area contributed by atoms with Crippen molar-refractivity contribution in [2.75, 3.05) is 13.2 Å². The van der Waals surface area contributed by atoms with E-state index < -0.39 is 0 Å².